The second-order valence-corrected chi connectivity index (χ2v) is 11.5. The number of nitrogens with two attached hydrogens (primary N) is 1. The molecule has 1 aliphatic heterocycles. The minimum Gasteiger partial charge on any atom is -0.365 e. The summed E-state index contributed by atoms with van der Waals surface area (Å²) in [5.74, 6) is -1.28. The van der Waals surface area contributed by atoms with Gasteiger partial charge in [-0.2, -0.15) is 13.2 Å². The molecule has 1 aromatic heterocycles. The van der Waals surface area contributed by atoms with Gasteiger partial charge < -0.3 is 21.3 Å². The summed E-state index contributed by atoms with van der Waals surface area (Å²) in [5, 5.41) is 6.57. The van der Waals surface area contributed by atoms with E-state index >= 15 is 0 Å². The maximum Gasteiger partial charge on any atom is 0.416 e. The van der Waals surface area contributed by atoms with Crippen LogP contribution in [0.15, 0.2) is 36.4 Å². The van der Waals surface area contributed by atoms with Crippen molar-refractivity contribution in [2.45, 2.75) is 45.5 Å². The van der Waals surface area contributed by atoms with Gasteiger partial charge in [-0.1, -0.05) is 30.4 Å². The zero-order chi connectivity index (χ0) is 29.3. The van der Waals surface area contributed by atoms with Gasteiger partial charge >= 0.3 is 6.18 Å². The number of alkyl halides is 3. The number of nitrogens with one attached hydrogen (secondary N) is 2. The van der Waals surface area contributed by atoms with Crippen molar-refractivity contribution in [3.05, 3.63) is 63.5 Å². The molecule has 0 spiro atoms. The van der Waals surface area contributed by atoms with Gasteiger partial charge in [-0.05, 0) is 61.7 Å². The van der Waals surface area contributed by atoms with Crippen molar-refractivity contribution in [2.24, 2.45) is 5.73 Å². The number of halogens is 3. The smallest absolute Gasteiger partial charge is 0.365 e. The highest BCUT2D eigenvalue weighted by molar-refractivity contribution is 7.18. The summed E-state index contributed by atoms with van der Waals surface area (Å²) in [7, 11) is 0. The number of piperazine rings is 1. The van der Waals surface area contributed by atoms with E-state index < -0.39 is 23.6 Å². The van der Waals surface area contributed by atoms with E-state index in [0.29, 0.717) is 46.1 Å². The number of aromatic nitrogens is 1. The summed E-state index contributed by atoms with van der Waals surface area (Å²) >= 11 is 1.18. The first kappa shape index (κ1) is 29.0. The molecule has 2 aromatic carbocycles. The summed E-state index contributed by atoms with van der Waals surface area (Å²) in [6.45, 7) is 8.02. The molecular formula is C29H33F3N6O2S. The number of carbonyl (C=O) groups excluding carboxylic acids is 2. The molecule has 0 bridgehead atoms. The van der Waals surface area contributed by atoms with Crippen LogP contribution in [0.3, 0.4) is 0 Å². The Bertz CT molecular complexity index is 1440. The number of aryl methyl sites for hydroxylation is 1. The molecule has 1 saturated carbocycles. The lowest BCUT2D eigenvalue weighted by Gasteiger charge is -2.34. The van der Waals surface area contributed by atoms with Gasteiger partial charge in [0.25, 0.3) is 11.8 Å². The fourth-order valence-electron chi connectivity index (χ4n) is 4.92. The maximum atomic E-state index is 14.1. The molecule has 218 valence electrons. The first-order chi connectivity index (χ1) is 19.5. The van der Waals surface area contributed by atoms with Crippen molar-refractivity contribution < 1.29 is 22.8 Å². The van der Waals surface area contributed by atoms with Crippen molar-refractivity contribution in [3.8, 4) is 11.3 Å². The number of rotatable bonds is 9. The minimum absolute atomic E-state index is 0.0959. The van der Waals surface area contributed by atoms with Crippen LogP contribution in [0.2, 0.25) is 0 Å². The van der Waals surface area contributed by atoms with E-state index in [0.717, 1.165) is 44.1 Å². The molecule has 0 unspecified atom stereocenters. The third kappa shape index (κ3) is 6.88. The quantitative estimate of drug-likeness (QED) is 0.319. The number of hydrogen-bond donors (Lipinski definition) is 3. The Balaban J connectivity index is 1.36. The molecule has 2 heterocycles. The third-order valence-electron chi connectivity index (χ3n) is 7.49. The third-order valence-corrected chi connectivity index (χ3v) is 8.49. The molecule has 1 aliphatic carbocycles. The van der Waals surface area contributed by atoms with E-state index in [4.69, 9.17) is 5.73 Å². The van der Waals surface area contributed by atoms with Crippen molar-refractivity contribution >= 4 is 34.0 Å². The maximum absolute atomic E-state index is 14.1. The van der Waals surface area contributed by atoms with Gasteiger partial charge in [0.05, 0.1) is 11.3 Å². The highest BCUT2D eigenvalue weighted by Gasteiger charge is 2.35. The van der Waals surface area contributed by atoms with Gasteiger partial charge in [-0.15, -0.1) is 0 Å². The molecule has 4 N–H and O–H groups in total. The monoisotopic (exact) mass is 586 g/mol. The Hall–Kier alpha value is -3.48. The van der Waals surface area contributed by atoms with Gasteiger partial charge in [0.2, 0.25) is 0 Å². The summed E-state index contributed by atoms with van der Waals surface area (Å²) in [6, 6.07) is 9.15. The largest absolute Gasteiger partial charge is 0.416 e. The first-order valence-corrected chi connectivity index (χ1v) is 14.5. The normalized spacial score (nSPS) is 16.5. The summed E-state index contributed by atoms with van der Waals surface area (Å²) in [6.07, 6.45) is -2.53. The lowest BCUT2D eigenvalue weighted by Crippen LogP contribution is -2.45. The van der Waals surface area contributed by atoms with Crippen LogP contribution in [0.1, 0.15) is 56.5 Å². The van der Waals surface area contributed by atoms with E-state index in [-0.39, 0.29) is 17.7 Å². The Kier molecular flexibility index (Phi) is 8.35. The van der Waals surface area contributed by atoms with Gasteiger partial charge in [0, 0.05) is 55.6 Å². The number of thiazole rings is 1. The second-order valence-electron chi connectivity index (χ2n) is 10.5. The van der Waals surface area contributed by atoms with Crippen LogP contribution in [-0.4, -0.2) is 65.4 Å². The zero-order valence-electron chi connectivity index (χ0n) is 23.0. The molecule has 5 rings (SSSR count). The number of anilines is 2. The Morgan fingerprint density at radius 1 is 1.07 bits per heavy atom. The summed E-state index contributed by atoms with van der Waals surface area (Å²) in [5.41, 5.74) is 7.04. The number of carbonyl (C=O) groups is 2. The van der Waals surface area contributed by atoms with E-state index in [9.17, 15) is 22.8 Å². The van der Waals surface area contributed by atoms with Crippen LogP contribution < -0.4 is 16.4 Å². The van der Waals surface area contributed by atoms with Crippen molar-refractivity contribution in [3.63, 3.8) is 0 Å². The van der Waals surface area contributed by atoms with Gasteiger partial charge in [-0.25, -0.2) is 4.98 Å². The highest BCUT2D eigenvalue weighted by atomic mass is 32.1. The summed E-state index contributed by atoms with van der Waals surface area (Å²) < 4.78 is 42.2. The van der Waals surface area contributed by atoms with Gasteiger partial charge in [0.1, 0.15) is 4.88 Å². The second kappa shape index (κ2) is 11.8. The molecule has 0 radical (unpaired) electrons. The molecule has 41 heavy (non-hydrogen) atoms. The SMILES string of the molecule is CCN1CCN(Cc2ccc(C(=O)Nc3ccc(C)c(-c4nc(NC5CC5)sc4C(N)=O)c3)cc2C(F)(F)F)CC1. The standard InChI is InChI=1S/C29H33F3N6O2S/c1-3-37-10-12-38(13-11-37)16-19-6-5-18(14-23(19)29(30,31)32)27(40)34-21-7-4-17(2)22(15-21)24-25(26(33)39)41-28(36-24)35-20-8-9-20/h4-7,14-15,20H,3,8-13,16H2,1-2H3,(H2,33,39)(H,34,40)(H,35,36). The van der Waals surface area contributed by atoms with E-state index in [1.54, 1.807) is 18.2 Å². The van der Waals surface area contributed by atoms with Crippen LogP contribution in [0.4, 0.5) is 24.0 Å². The predicted octanol–water partition coefficient (Wildman–Crippen LogP) is 5.20. The van der Waals surface area contributed by atoms with E-state index in [2.05, 4.69) is 27.4 Å². The molecule has 3 aromatic rings. The fraction of sp³-hybridized carbons (Fsp3) is 0.414. The topological polar surface area (TPSA) is 104 Å². The molecule has 2 fully saturated rings. The van der Waals surface area contributed by atoms with E-state index in [1.807, 2.05) is 11.8 Å². The molecular weight excluding hydrogens is 553 g/mol. The average molecular weight is 587 g/mol. The predicted molar refractivity (Wildman–Crippen MR) is 154 cm³/mol. The van der Waals surface area contributed by atoms with Gasteiger partial charge in [0.15, 0.2) is 5.13 Å². The molecule has 1 saturated heterocycles. The average Bonchev–Trinajstić information content (AvgIpc) is 3.65. The summed E-state index contributed by atoms with van der Waals surface area (Å²) in [4.78, 5) is 34.4. The van der Waals surface area contributed by atoms with Gasteiger partial charge in [-0.3, -0.25) is 14.5 Å². The van der Waals surface area contributed by atoms with Crippen LogP contribution in [-0.2, 0) is 12.7 Å². The molecule has 12 heteroatoms. The van der Waals surface area contributed by atoms with Crippen LogP contribution in [0.25, 0.3) is 11.3 Å². The number of primary amides is 1. The fourth-order valence-corrected chi connectivity index (χ4v) is 5.82. The van der Waals surface area contributed by atoms with Crippen LogP contribution >= 0.6 is 11.3 Å². The highest BCUT2D eigenvalue weighted by Crippen LogP contribution is 2.37. The van der Waals surface area contributed by atoms with Crippen molar-refractivity contribution in [2.75, 3.05) is 43.4 Å². The number of likely N-dealkylation sites (N-methyl/N-ethyl adjacent to an activating group) is 1. The van der Waals surface area contributed by atoms with Crippen LogP contribution in [0, 0.1) is 6.92 Å². The molecule has 2 aliphatic rings. The lowest BCUT2D eigenvalue weighted by atomic mass is 10.0. The lowest BCUT2D eigenvalue weighted by molar-refractivity contribution is -0.138. The Morgan fingerprint density at radius 3 is 2.41 bits per heavy atom. The molecule has 0 atom stereocenters. The molecule has 2 amide bonds. The van der Waals surface area contributed by atoms with Crippen molar-refractivity contribution in [1.29, 1.82) is 0 Å². The van der Waals surface area contributed by atoms with Crippen molar-refractivity contribution in [1.82, 2.24) is 14.8 Å². The first-order valence-electron chi connectivity index (χ1n) is 13.7. The number of nitrogens with zero attached hydrogens (tertiary/aromatic N) is 3. The minimum atomic E-state index is -4.60. The number of benzene rings is 2. The zero-order valence-corrected chi connectivity index (χ0v) is 23.8. The number of hydrogen-bond acceptors (Lipinski definition) is 7. The molecule has 8 nitrogen and oxygen atoms in total. The Labute approximate surface area is 240 Å². The van der Waals surface area contributed by atoms with E-state index in [1.165, 1.54) is 23.5 Å². The Morgan fingerprint density at radius 2 is 1.78 bits per heavy atom. The van der Waals surface area contributed by atoms with Crippen LogP contribution in [0.5, 0.6) is 0 Å². The number of amides is 2.